The van der Waals surface area contributed by atoms with Crippen LogP contribution in [0, 0.1) is 4.77 Å². The number of carbonyl (C=O) groups is 2. The largest absolute Gasteiger partial charge is 0.421 e. The van der Waals surface area contributed by atoms with Crippen LogP contribution in [-0.2, 0) is 25.2 Å². The van der Waals surface area contributed by atoms with Gasteiger partial charge in [-0.15, -0.1) is 0 Å². The molecule has 1 saturated carbocycles. The second-order valence-electron chi connectivity index (χ2n) is 8.66. The normalized spacial score (nSPS) is 20.6. The number of hydrogen-bond acceptors (Lipinski definition) is 6. The van der Waals surface area contributed by atoms with Gasteiger partial charge in [0.15, 0.2) is 4.77 Å². The summed E-state index contributed by atoms with van der Waals surface area (Å²) < 4.78 is 72.6. The maximum Gasteiger partial charge on any atom is 0.421 e. The molecule has 2 amide bonds. The van der Waals surface area contributed by atoms with E-state index in [2.05, 4.69) is 15.6 Å². The predicted octanol–water partition coefficient (Wildman–Crippen LogP) is 3.06. The van der Waals surface area contributed by atoms with Gasteiger partial charge in [-0.05, 0) is 49.3 Å². The van der Waals surface area contributed by atoms with Gasteiger partial charge in [-0.1, -0.05) is 19.3 Å². The van der Waals surface area contributed by atoms with E-state index in [1.54, 1.807) is 0 Å². The van der Waals surface area contributed by atoms with Gasteiger partial charge in [0.1, 0.15) is 5.82 Å². The fraction of sp³-hybridized carbons (Fsp3) is 0.429. The molecule has 4 N–H and O–H groups in total. The number of hydrogen-bond donors (Lipinski definition) is 4. The summed E-state index contributed by atoms with van der Waals surface area (Å²) in [5.74, 6) is -2.67. The maximum atomic E-state index is 14.6. The first-order valence-corrected chi connectivity index (χ1v) is 12.9. The van der Waals surface area contributed by atoms with Crippen molar-refractivity contribution in [2.75, 3.05) is 10.6 Å². The van der Waals surface area contributed by atoms with Crippen LogP contribution in [0.15, 0.2) is 34.0 Å². The average molecular weight is 546 g/mol. The number of alkyl halides is 3. The van der Waals surface area contributed by atoms with Crippen LogP contribution in [0.1, 0.15) is 50.6 Å². The number of nitrogens with one attached hydrogen (secondary N) is 4. The lowest BCUT2D eigenvalue weighted by atomic mass is 9.92. The lowest BCUT2D eigenvalue weighted by Crippen LogP contribution is -2.61. The molecule has 15 heteroatoms. The molecular weight excluding hydrogens is 523 g/mol. The predicted molar refractivity (Wildman–Crippen MR) is 125 cm³/mol. The van der Waals surface area contributed by atoms with Gasteiger partial charge in [-0.25, -0.2) is 8.42 Å². The highest BCUT2D eigenvalue weighted by atomic mass is 32.2. The van der Waals surface area contributed by atoms with Gasteiger partial charge in [-0.3, -0.25) is 19.4 Å². The monoisotopic (exact) mass is 545 g/mol. The molecule has 2 heterocycles. The second kappa shape index (κ2) is 9.12. The van der Waals surface area contributed by atoms with E-state index in [1.807, 2.05) is 0 Å². The molecule has 2 aliphatic rings. The number of fused-ring (bicyclic) bond motifs is 1. The highest BCUT2D eigenvalue weighted by molar-refractivity contribution is 7.89. The van der Waals surface area contributed by atoms with Gasteiger partial charge < -0.3 is 15.2 Å². The van der Waals surface area contributed by atoms with Gasteiger partial charge in [0.05, 0.1) is 10.5 Å². The molecule has 1 fully saturated rings. The fourth-order valence-corrected chi connectivity index (χ4v) is 6.29. The van der Waals surface area contributed by atoms with Crippen molar-refractivity contribution in [2.45, 2.75) is 61.7 Å². The van der Waals surface area contributed by atoms with E-state index in [1.165, 1.54) is 28.3 Å². The third-order valence-corrected chi connectivity index (χ3v) is 8.00. The Bertz CT molecular complexity index is 1440. The topological polar surface area (TPSA) is 142 Å². The zero-order valence-corrected chi connectivity index (χ0v) is 20.5. The third-order valence-electron chi connectivity index (χ3n) is 6.23. The van der Waals surface area contributed by atoms with Crippen molar-refractivity contribution in [2.24, 2.45) is 0 Å². The van der Waals surface area contributed by atoms with Crippen molar-refractivity contribution < 1.29 is 31.2 Å². The van der Waals surface area contributed by atoms with Crippen LogP contribution in [0.5, 0.6) is 0 Å². The molecule has 1 atom stereocenters. The molecule has 1 aromatic carbocycles. The Morgan fingerprint density at radius 1 is 1.14 bits per heavy atom. The molecule has 0 unspecified atom stereocenters. The number of aromatic amines is 1. The van der Waals surface area contributed by atoms with Crippen LogP contribution in [0.4, 0.5) is 24.7 Å². The standard InChI is InChI=1S/C21H22F3N5O5S2/c1-11(30)25-12-7-9-14(10-8-12)36(33,34)28-20(21(22,23)24)15-16(26-18(20)32)29(19(35)27-17(15)31)13-5-3-2-4-6-13/h7-10,13,28H,2-6H2,1H3,(H,25,30)(H,26,32)(H,27,31,35)/t20-/m0/s1. The first kappa shape index (κ1) is 26.0. The van der Waals surface area contributed by atoms with Crippen molar-refractivity contribution in [3.8, 4) is 0 Å². The van der Waals surface area contributed by atoms with E-state index >= 15 is 0 Å². The maximum absolute atomic E-state index is 14.6. The molecule has 0 radical (unpaired) electrons. The van der Waals surface area contributed by atoms with Crippen LogP contribution < -0.4 is 20.9 Å². The Hall–Kier alpha value is -3.04. The van der Waals surface area contributed by atoms with E-state index in [-0.39, 0.29) is 16.5 Å². The number of benzene rings is 1. The van der Waals surface area contributed by atoms with Gasteiger partial charge in [0, 0.05) is 18.7 Å². The first-order chi connectivity index (χ1) is 16.8. The minimum absolute atomic E-state index is 0.166. The summed E-state index contributed by atoms with van der Waals surface area (Å²) >= 11 is 5.20. The SMILES string of the molecule is CC(=O)Nc1ccc(S(=O)(=O)N[C@]2(C(F)(F)F)C(=O)Nc3c2c(=O)[nH]c(=S)n3C2CCCCC2)cc1. The summed E-state index contributed by atoms with van der Waals surface area (Å²) in [5, 5.41) is 4.49. The lowest BCUT2D eigenvalue weighted by Gasteiger charge is -2.30. The summed E-state index contributed by atoms with van der Waals surface area (Å²) in [6.07, 6.45) is -1.93. The van der Waals surface area contributed by atoms with Crippen LogP contribution >= 0.6 is 12.2 Å². The number of H-pyrrole nitrogens is 1. The van der Waals surface area contributed by atoms with Gasteiger partial charge >= 0.3 is 6.18 Å². The van der Waals surface area contributed by atoms with Crippen LogP contribution in [0.25, 0.3) is 0 Å². The zero-order chi connectivity index (χ0) is 26.5. The van der Waals surface area contributed by atoms with Crippen LogP contribution in [0.3, 0.4) is 0 Å². The minimum Gasteiger partial charge on any atom is -0.326 e. The van der Waals surface area contributed by atoms with Crippen LogP contribution in [-0.4, -0.2) is 36.0 Å². The van der Waals surface area contributed by atoms with Gasteiger partial charge in [0.25, 0.3) is 11.5 Å². The molecule has 1 aliphatic carbocycles. The summed E-state index contributed by atoms with van der Waals surface area (Å²) in [4.78, 5) is 38.6. The van der Waals surface area contributed by atoms with Crippen molar-refractivity contribution in [3.63, 3.8) is 0 Å². The summed E-state index contributed by atoms with van der Waals surface area (Å²) in [6.45, 7) is 1.22. The van der Waals surface area contributed by atoms with E-state index in [0.717, 1.165) is 31.4 Å². The van der Waals surface area contributed by atoms with E-state index in [4.69, 9.17) is 12.2 Å². The number of amides is 2. The molecule has 4 rings (SSSR count). The average Bonchev–Trinajstić information content (AvgIpc) is 3.07. The Kier molecular flexibility index (Phi) is 6.59. The summed E-state index contributed by atoms with van der Waals surface area (Å²) in [6, 6.07) is 3.89. The third kappa shape index (κ3) is 4.35. The second-order valence-corrected chi connectivity index (χ2v) is 10.7. The Balaban J connectivity index is 1.87. The highest BCUT2D eigenvalue weighted by Gasteiger charge is 2.69. The summed E-state index contributed by atoms with van der Waals surface area (Å²) in [5.41, 5.74) is -6.14. The van der Waals surface area contributed by atoms with Crippen molar-refractivity contribution >= 4 is 45.6 Å². The molecule has 10 nitrogen and oxygen atoms in total. The molecule has 36 heavy (non-hydrogen) atoms. The molecule has 2 aromatic rings. The zero-order valence-electron chi connectivity index (χ0n) is 18.9. The Morgan fingerprint density at radius 2 is 1.75 bits per heavy atom. The minimum atomic E-state index is -5.54. The number of nitrogens with zero attached hydrogens (tertiary/aromatic N) is 1. The molecule has 1 aromatic heterocycles. The van der Waals surface area contributed by atoms with Crippen molar-refractivity contribution in [1.82, 2.24) is 14.3 Å². The van der Waals surface area contributed by atoms with Gasteiger partial charge in [-0.2, -0.15) is 17.9 Å². The molecule has 1 aliphatic heterocycles. The first-order valence-electron chi connectivity index (χ1n) is 11.0. The Labute approximate surface area is 208 Å². The van der Waals surface area contributed by atoms with Crippen LogP contribution in [0.2, 0.25) is 0 Å². The number of sulfonamides is 1. The quantitative estimate of drug-likeness (QED) is 0.426. The lowest BCUT2D eigenvalue weighted by molar-refractivity contribution is -0.194. The highest BCUT2D eigenvalue weighted by Crippen LogP contribution is 2.47. The smallest absolute Gasteiger partial charge is 0.326 e. The number of rotatable bonds is 5. The van der Waals surface area contributed by atoms with Gasteiger partial charge in [0.2, 0.25) is 21.5 Å². The van der Waals surface area contributed by atoms with E-state index in [0.29, 0.717) is 12.8 Å². The number of carbonyl (C=O) groups excluding carboxylic acids is 2. The number of halogens is 3. The molecule has 194 valence electrons. The number of aromatic nitrogens is 2. The van der Waals surface area contributed by atoms with E-state index < -0.39 is 55.4 Å². The summed E-state index contributed by atoms with van der Waals surface area (Å²) in [7, 11) is -5.00. The van der Waals surface area contributed by atoms with E-state index in [9.17, 15) is 36.0 Å². The fourth-order valence-electron chi connectivity index (χ4n) is 4.63. The number of anilines is 2. The molecule has 0 saturated heterocycles. The molecular formula is C21H22F3N5O5S2. The molecule has 0 bridgehead atoms. The Morgan fingerprint density at radius 3 is 2.31 bits per heavy atom. The molecule has 0 spiro atoms. The van der Waals surface area contributed by atoms with Crippen molar-refractivity contribution in [1.29, 1.82) is 0 Å². The van der Waals surface area contributed by atoms with Crippen molar-refractivity contribution in [3.05, 3.63) is 45.0 Å².